The zero-order chi connectivity index (χ0) is 9.12. The van der Waals surface area contributed by atoms with E-state index in [9.17, 15) is 0 Å². The summed E-state index contributed by atoms with van der Waals surface area (Å²) in [6, 6.07) is 0. The highest BCUT2D eigenvalue weighted by Gasteiger charge is 2.27. The highest BCUT2D eigenvalue weighted by molar-refractivity contribution is 5.98. The SMILES string of the molecule is CCC(N)(N)CC(C)(C)O[SiH3]. The van der Waals surface area contributed by atoms with Crippen LogP contribution in [0.25, 0.3) is 0 Å². The molecule has 68 valence electrons. The lowest BCUT2D eigenvalue weighted by molar-refractivity contribution is 0.0815. The first-order chi connectivity index (χ1) is 4.83. The topological polar surface area (TPSA) is 61.3 Å². The van der Waals surface area contributed by atoms with Crippen molar-refractivity contribution in [3.63, 3.8) is 0 Å². The van der Waals surface area contributed by atoms with E-state index in [4.69, 9.17) is 15.9 Å². The number of hydrogen-bond donors (Lipinski definition) is 2. The Hall–Kier alpha value is 0.0969. The van der Waals surface area contributed by atoms with Crippen LogP contribution in [0.1, 0.15) is 33.6 Å². The molecule has 4 N–H and O–H groups in total. The minimum atomic E-state index is -0.575. The second kappa shape index (κ2) is 3.67. The molecule has 0 saturated heterocycles. The van der Waals surface area contributed by atoms with Crippen molar-refractivity contribution >= 4 is 10.5 Å². The largest absolute Gasteiger partial charge is 0.423 e. The molecule has 0 aromatic rings. The van der Waals surface area contributed by atoms with Gasteiger partial charge >= 0.3 is 0 Å². The summed E-state index contributed by atoms with van der Waals surface area (Å²) in [5, 5.41) is 0. The first kappa shape index (κ1) is 11.1. The Kier molecular flexibility index (Phi) is 3.70. The van der Waals surface area contributed by atoms with E-state index >= 15 is 0 Å². The van der Waals surface area contributed by atoms with Crippen LogP contribution < -0.4 is 11.5 Å². The van der Waals surface area contributed by atoms with Gasteiger partial charge in [0.05, 0.1) is 11.3 Å². The van der Waals surface area contributed by atoms with Crippen molar-refractivity contribution in [1.82, 2.24) is 0 Å². The lowest BCUT2D eigenvalue weighted by Crippen LogP contribution is -2.53. The monoisotopic (exact) mass is 176 g/mol. The summed E-state index contributed by atoms with van der Waals surface area (Å²) < 4.78 is 5.35. The van der Waals surface area contributed by atoms with E-state index in [2.05, 4.69) is 0 Å². The molecule has 0 spiro atoms. The molecule has 4 heteroatoms. The van der Waals surface area contributed by atoms with Crippen LogP contribution in [-0.4, -0.2) is 21.7 Å². The summed E-state index contributed by atoms with van der Waals surface area (Å²) in [5.41, 5.74) is 10.8. The summed E-state index contributed by atoms with van der Waals surface area (Å²) in [4.78, 5) is 0. The third kappa shape index (κ3) is 4.52. The van der Waals surface area contributed by atoms with Crippen LogP contribution in [0.3, 0.4) is 0 Å². The zero-order valence-electron chi connectivity index (χ0n) is 7.98. The molecule has 0 rings (SSSR count). The fourth-order valence-electron chi connectivity index (χ4n) is 0.990. The standard InChI is InChI=1S/C7H20N2OSi/c1-4-7(8,9)5-6(2,3)10-11/h4-5,8-9H2,1-3,11H3. The molecule has 0 radical (unpaired) electrons. The first-order valence-corrected chi connectivity index (χ1v) is 4.77. The van der Waals surface area contributed by atoms with Gasteiger partial charge in [-0.25, -0.2) is 0 Å². The first-order valence-electron chi connectivity index (χ1n) is 3.96. The van der Waals surface area contributed by atoms with E-state index in [0.29, 0.717) is 6.42 Å². The Morgan fingerprint density at radius 1 is 1.36 bits per heavy atom. The highest BCUT2D eigenvalue weighted by Crippen LogP contribution is 2.19. The van der Waals surface area contributed by atoms with Crippen LogP contribution in [-0.2, 0) is 4.43 Å². The van der Waals surface area contributed by atoms with Gasteiger partial charge in [0.1, 0.15) is 10.5 Å². The van der Waals surface area contributed by atoms with Gasteiger partial charge < -0.3 is 15.9 Å². The molecule has 0 fully saturated rings. The van der Waals surface area contributed by atoms with Crippen LogP contribution in [0.15, 0.2) is 0 Å². The van der Waals surface area contributed by atoms with Gasteiger partial charge in [0.15, 0.2) is 0 Å². The average Bonchev–Trinajstić information content (AvgIpc) is 1.86. The van der Waals surface area contributed by atoms with Crippen LogP contribution >= 0.6 is 0 Å². The molecule has 0 aromatic heterocycles. The van der Waals surface area contributed by atoms with Gasteiger partial charge in [-0.2, -0.15) is 0 Å². The molecule has 0 aliphatic carbocycles. The van der Waals surface area contributed by atoms with Crippen molar-refractivity contribution in [2.24, 2.45) is 11.5 Å². The van der Waals surface area contributed by atoms with Gasteiger partial charge in [0, 0.05) is 6.42 Å². The Labute approximate surface area is 72.0 Å². The maximum absolute atomic E-state index is 5.79. The van der Waals surface area contributed by atoms with Crippen molar-refractivity contribution in [1.29, 1.82) is 0 Å². The summed E-state index contributed by atoms with van der Waals surface area (Å²) in [5.74, 6) is 0. The van der Waals surface area contributed by atoms with Gasteiger partial charge in [0.25, 0.3) is 0 Å². The predicted octanol–water partition coefficient (Wildman–Crippen LogP) is -0.524. The number of hydrogen-bond acceptors (Lipinski definition) is 3. The van der Waals surface area contributed by atoms with E-state index in [1.54, 1.807) is 0 Å². The molecule has 0 bridgehead atoms. The third-order valence-corrected chi connectivity index (χ3v) is 3.07. The lowest BCUT2D eigenvalue weighted by Gasteiger charge is -2.33. The minimum absolute atomic E-state index is 0.161. The van der Waals surface area contributed by atoms with Crippen molar-refractivity contribution in [3.8, 4) is 0 Å². The van der Waals surface area contributed by atoms with E-state index < -0.39 is 5.66 Å². The Balaban J connectivity index is 4.02. The Morgan fingerprint density at radius 2 is 1.82 bits per heavy atom. The van der Waals surface area contributed by atoms with E-state index in [-0.39, 0.29) is 5.60 Å². The molecule has 0 saturated carbocycles. The quantitative estimate of drug-likeness (QED) is 0.447. The molecule has 0 atom stereocenters. The van der Waals surface area contributed by atoms with Crippen LogP contribution in [0, 0.1) is 0 Å². The van der Waals surface area contributed by atoms with Gasteiger partial charge in [0.2, 0.25) is 0 Å². The van der Waals surface area contributed by atoms with Crippen molar-refractivity contribution in [2.75, 3.05) is 0 Å². The molecule has 0 heterocycles. The van der Waals surface area contributed by atoms with Crippen LogP contribution in [0.5, 0.6) is 0 Å². The van der Waals surface area contributed by atoms with Crippen molar-refractivity contribution in [3.05, 3.63) is 0 Å². The second-order valence-electron chi connectivity index (χ2n) is 3.73. The molecule has 11 heavy (non-hydrogen) atoms. The summed E-state index contributed by atoms with van der Waals surface area (Å²) in [7, 11) is 0.732. The Morgan fingerprint density at radius 3 is 2.09 bits per heavy atom. The summed E-state index contributed by atoms with van der Waals surface area (Å²) in [6.07, 6.45) is 1.49. The Bertz CT molecular complexity index is 112. The molecule has 0 aliphatic heterocycles. The number of nitrogens with two attached hydrogens (primary N) is 2. The fraction of sp³-hybridized carbons (Fsp3) is 1.00. The zero-order valence-corrected chi connectivity index (χ0v) is 9.98. The maximum atomic E-state index is 5.79. The highest BCUT2D eigenvalue weighted by atomic mass is 28.2. The van der Waals surface area contributed by atoms with Gasteiger partial charge in [-0.05, 0) is 20.3 Å². The molecule has 0 aliphatic rings. The summed E-state index contributed by atoms with van der Waals surface area (Å²) in [6.45, 7) is 6.03. The molecular weight excluding hydrogens is 156 g/mol. The van der Waals surface area contributed by atoms with Gasteiger partial charge in [-0.3, -0.25) is 0 Å². The molecule has 0 unspecified atom stereocenters. The smallest absolute Gasteiger partial charge is 0.146 e. The molecule has 0 aromatic carbocycles. The van der Waals surface area contributed by atoms with Crippen molar-refractivity contribution in [2.45, 2.75) is 44.9 Å². The summed E-state index contributed by atoms with van der Waals surface area (Å²) >= 11 is 0. The van der Waals surface area contributed by atoms with Gasteiger partial charge in [-0.1, -0.05) is 6.92 Å². The fourth-order valence-corrected chi connectivity index (χ4v) is 1.13. The normalized spacial score (nSPS) is 13.9. The van der Waals surface area contributed by atoms with E-state index in [0.717, 1.165) is 16.9 Å². The average molecular weight is 176 g/mol. The third-order valence-electron chi connectivity index (χ3n) is 1.97. The molecule has 0 amide bonds. The molecule has 3 nitrogen and oxygen atoms in total. The van der Waals surface area contributed by atoms with Crippen molar-refractivity contribution < 1.29 is 4.43 Å². The maximum Gasteiger partial charge on any atom is 0.146 e. The van der Waals surface area contributed by atoms with Crippen LogP contribution in [0.4, 0.5) is 0 Å². The minimum Gasteiger partial charge on any atom is -0.423 e. The predicted molar refractivity (Wildman–Crippen MR) is 51.1 cm³/mol. The number of rotatable bonds is 4. The lowest BCUT2D eigenvalue weighted by atomic mass is 9.93. The molecular formula is C7H20N2OSi. The van der Waals surface area contributed by atoms with Crippen LogP contribution in [0.2, 0.25) is 0 Å². The van der Waals surface area contributed by atoms with E-state index in [1.165, 1.54) is 0 Å². The van der Waals surface area contributed by atoms with E-state index in [1.807, 2.05) is 20.8 Å². The second-order valence-corrected chi connectivity index (χ2v) is 4.14. The van der Waals surface area contributed by atoms with Gasteiger partial charge in [-0.15, -0.1) is 0 Å².